The molecule has 9 nitrogen and oxygen atoms in total. The largest absolute Gasteiger partial charge is 0.486 e. The van der Waals surface area contributed by atoms with Crippen molar-refractivity contribution >= 4 is 50.7 Å². The molecule has 6 rings (SSSR count). The quantitative estimate of drug-likeness (QED) is 0.172. The maximum atomic E-state index is 14.7. The molecule has 1 saturated carbocycles. The second kappa shape index (κ2) is 15.7. The zero-order valence-electron chi connectivity index (χ0n) is 27.1. The van der Waals surface area contributed by atoms with Crippen LogP contribution in [0.3, 0.4) is 0 Å². The Morgan fingerprint density at radius 2 is 1.58 bits per heavy atom. The van der Waals surface area contributed by atoms with Gasteiger partial charge in [-0.25, -0.2) is 12.8 Å². The van der Waals surface area contributed by atoms with E-state index in [1.807, 2.05) is 30.3 Å². The van der Waals surface area contributed by atoms with E-state index in [-0.39, 0.29) is 52.9 Å². The summed E-state index contributed by atoms with van der Waals surface area (Å²) in [6, 6.07) is 22.0. The Morgan fingerprint density at radius 1 is 0.880 bits per heavy atom. The average molecular weight is 741 g/mol. The fourth-order valence-electron chi connectivity index (χ4n) is 6.20. The number of ether oxygens (including phenoxy) is 2. The highest BCUT2D eigenvalue weighted by atomic mass is 35.5. The second-order valence-electron chi connectivity index (χ2n) is 12.2. The van der Waals surface area contributed by atoms with Gasteiger partial charge in [-0.1, -0.05) is 72.4 Å². The van der Waals surface area contributed by atoms with Crippen molar-refractivity contribution < 1.29 is 31.9 Å². The zero-order valence-corrected chi connectivity index (χ0v) is 29.4. The van der Waals surface area contributed by atoms with Crippen molar-refractivity contribution in [2.24, 2.45) is 0 Å². The van der Waals surface area contributed by atoms with Gasteiger partial charge in [0, 0.05) is 35.1 Å². The summed E-state index contributed by atoms with van der Waals surface area (Å²) in [7, 11) is -4.46. The first-order chi connectivity index (χ1) is 24.1. The molecular weight excluding hydrogens is 704 g/mol. The van der Waals surface area contributed by atoms with Crippen LogP contribution < -0.4 is 19.1 Å². The Kier molecular flexibility index (Phi) is 11.2. The molecule has 1 fully saturated rings. The van der Waals surface area contributed by atoms with Gasteiger partial charge >= 0.3 is 0 Å². The molecule has 1 atom stereocenters. The Bertz CT molecular complexity index is 1940. The van der Waals surface area contributed by atoms with Crippen LogP contribution >= 0.6 is 23.2 Å². The number of anilines is 1. The van der Waals surface area contributed by atoms with Crippen LogP contribution in [0.2, 0.25) is 10.0 Å². The lowest BCUT2D eigenvalue weighted by Gasteiger charge is -2.34. The molecule has 13 heteroatoms. The fourth-order valence-corrected chi connectivity index (χ4v) is 8.10. The number of fused-ring (bicyclic) bond motifs is 1. The third kappa shape index (κ3) is 8.34. The monoisotopic (exact) mass is 739 g/mol. The van der Waals surface area contributed by atoms with Crippen molar-refractivity contribution in [2.75, 3.05) is 24.1 Å². The SMILES string of the molecule is O=C(NC1CCCC1)[C@H](Cc1ccccc1)N(Cc1ccc(Cl)cc1Cl)C(=O)CN(c1ccc(F)cc1)S(=O)(=O)c1ccc2c(c1)OCCO2. The van der Waals surface area contributed by atoms with Crippen molar-refractivity contribution in [3.05, 3.63) is 118 Å². The Balaban J connectivity index is 1.41. The molecule has 0 saturated heterocycles. The van der Waals surface area contributed by atoms with Gasteiger partial charge in [0.2, 0.25) is 11.8 Å². The highest BCUT2D eigenvalue weighted by molar-refractivity contribution is 7.92. The summed E-state index contributed by atoms with van der Waals surface area (Å²) >= 11 is 12.8. The van der Waals surface area contributed by atoms with Crippen molar-refractivity contribution in [1.29, 1.82) is 0 Å². The Labute approximate surface area is 300 Å². The molecule has 0 bridgehead atoms. The number of carbonyl (C=O) groups is 2. The predicted molar refractivity (Wildman–Crippen MR) is 190 cm³/mol. The summed E-state index contributed by atoms with van der Waals surface area (Å²) in [6.45, 7) is -0.271. The summed E-state index contributed by atoms with van der Waals surface area (Å²) in [4.78, 5) is 30.1. The van der Waals surface area contributed by atoms with Crippen molar-refractivity contribution in [1.82, 2.24) is 10.2 Å². The number of benzene rings is 4. The van der Waals surface area contributed by atoms with Crippen LogP contribution in [0.5, 0.6) is 11.5 Å². The Morgan fingerprint density at radius 3 is 2.28 bits per heavy atom. The smallest absolute Gasteiger partial charge is 0.264 e. The summed E-state index contributed by atoms with van der Waals surface area (Å²) in [5.41, 5.74) is 1.37. The van der Waals surface area contributed by atoms with Gasteiger partial charge in [-0.3, -0.25) is 13.9 Å². The fraction of sp³-hybridized carbons (Fsp3) is 0.297. The van der Waals surface area contributed by atoms with E-state index in [4.69, 9.17) is 32.7 Å². The number of nitrogens with zero attached hydrogens (tertiary/aromatic N) is 2. The summed E-state index contributed by atoms with van der Waals surface area (Å²) in [5, 5.41) is 3.81. The lowest BCUT2D eigenvalue weighted by molar-refractivity contribution is -0.140. The normalized spacial score (nSPS) is 14.9. The molecule has 1 heterocycles. The van der Waals surface area contributed by atoms with E-state index < -0.39 is 34.3 Å². The van der Waals surface area contributed by atoms with E-state index in [0.29, 0.717) is 22.9 Å². The molecule has 0 radical (unpaired) electrons. The number of carbonyl (C=O) groups excluding carboxylic acids is 2. The number of nitrogens with one attached hydrogen (secondary N) is 1. The molecule has 2 aliphatic rings. The average Bonchev–Trinajstić information content (AvgIpc) is 3.63. The summed E-state index contributed by atoms with van der Waals surface area (Å²) < 4.78 is 55.0. The molecule has 0 spiro atoms. The molecule has 0 aromatic heterocycles. The first kappa shape index (κ1) is 35.5. The van der Waals surface area contributed by atoms with Gasteiger partial charge in [0.05, 0.1) is 10.6 Å². The first-order valence-corrected chi connectivity index (χ1v) is 18.5. The van der Waals surface area contributed by atoms with E-state index in [9.17, 15) is 22.4 Å². The molecule has 0 unspecified atom stereocenters. The molecule has 1 aliphatic heterocycles. The summed E-state index contributed by atoms with van der Waals surface area (Å²) in [6.07, 6.45) is 3.78. The van der Waals surface area contributed by atoms with Crippen molar-refractivity contribution in [3.63, 3.8) is 0 Å². The second-order valence-corrected chi connectivity index (χ2v) is 15.0. The maximum absolute atomic E-state index is 14.7. The first-order valence-electron chi connectivity index (χ1n) is 16.3. The molecule has 50 heavy (non-hydrogen) atoms. The summed E-state index contributed by atoms with van der Waals surface area (Å²) in [5.74, 6) is -0.982. The third-order valence-corrected chi connectivity index (χ3v) is 11.2. The molecular formula is C37H36Cl2FN3O6S. The van der Waals surface area contributed by atoms with Gasteiger partial charge in [-0.05, 0) is 72.5 Å². The van der Waals surface area contributed by atoms with Gasteiger partial charge in [-0.2, -0.15) is 0 Å². The number of hydrogen-bond acceptors (Lipinski definition) is 6. The van der Waals surface area contributed by atoms with E-state index >= 15 is 0 Å². The molecule has 4 aromatic carbocycles. The minimum Gasteiger partial charge on any atom is -0.486 e. The molecule has 262 valence electrons. The highest BCUT2D eigenvalue weighted by Gasteiger charge is 2.36. The van der Waals surface area contributed by atoms with Crippen LogP contribution in [0, 0.1) is 5.82 Å². The topological polar surface area (TPSA) is 105 Å². The zero-order chi connectivity index (χ0) is 35.3. The van der Waals surface area contributed by atoms with Crippen LogP contribution in [0.4, 0.5) is 10.1 Å². The number of amides is 2. The van der Waals surface area contributed by atoms with Gasteiger partial charge in [0.1, 0.15) is 31.6 Å². The van der Waals surface area contributed by atoms with Crippen LogP contribution in [-0.4, -0.2) is 57.0 Å². The van der Waals surface area contributed by atoms with E-state index in [1.165, 1.54) is 35.2 Å². The third-order valence-electron chi connectivity index (χ3n) is 8.82. The molecule has 1 aliphatic carbocycles. The van der Waals surface area contributed by atoms with Gasteiger partial charge in [0.15, 0.2) is 11.5 Å². The van der Waals surface area contributed by atoms with Crippen molar-refractivity contribution in [2.45, 2.75) is 55.6 Å². The minimum atomic E-state index is -4.46. The standard InChI is InChI=1S/C37H36Cl2FN3O6S/c38-27-11-10-26(32(39)21-27)23-42(33(20-25-6-2-1-3-7-25)37(45)41-29-8-4-5-9-29)36(44)24-43(30-14-12-28(40)13-15-30)50(46,47)31-16-17-34-35(22-31)49-19-18-48-34/h1-3,6-7,10-17,21-22,29,33H,4-5,8-9,18-20,23-24H2,(H,41,45)/t33-/m0/s1. The van der Waals surface area contributed by atoms with Crippen LogP contribution in [0.1, 0.15) is 36.8 Å². The number of hydrogen-bond donors (Lipinski definition) is 1. The lowest BCUT2D eigenvalue weighted by Crippen LogP contribution is -2.54. The molecule has 4 aromatic rings. The molecule has 2 amide bonds. The highest BCUT2D eigenvalue weighted by Crippen LogP contribution is 2.35. The van der Waals surface area contributed by atoms with Gasteiger partial charge in [-0.15, -0.1) is 0 Å². The molecule has 1 N–H and O–H groups in total. The number of sulfonamides is 1. The van der Waals surface area contributed by atoms with Crippen molar-refractivity contribution in [3.8, 4) is 11.5 Å². The predicted octanol–water partition coefficient (Wildman–Crippen LogP) is 6.80. The van der Waals surface area contributed by atoms with Gasteiger partial charge < -0.3 is 19.7 Å². The van der Waals surface area contributed by atoms with Crippen LogP contribution in [0.15, 0.2) is 95.9 Å². The van der Waals surface area contributed by atoms with Gasteiger partial charge in [0.25, 0.3) is 10.0 Å². The van der Waals surface area contributed by atoms with E-state index in [1.54, 1.807) is 18.2 Å². The number of rotatable bonds is 12. The minimum absolute atomic E-state index is 0.0388. The Hall–Kier alpha value is -4.32. The maximum Gasteiger partial charge on any atom is 0.264 e. The van der Waals surface area contributed by atoms with Crippen LogP contribution in [-0.2, 0) is 32.6 Å². The number of halogens is 3. The van der Waals surface area contributed by atoms with E-state index in [0.717, 1.165) is 47.7 Å². The van der Waals surface area contributed by atoms with E-state index in [2.05, 4.69) is 5.32 Å². The van der Waals surface area contributed by atoms with Crippen LogP contribution in [0.25, 0.3) is 0 Å². The lowest BCUT2D eigenvalue weighted by atomic mass is 10.0.